The molecule has 0 saturated heterocycles. The maximum atomic E-state index is 12.9. The molecule has 0 saturated carbocycles. The van der Waals surface area contributed by atoms with Gasteiger partial charge >= 0.3 is 5.95 Å². The zero-order valence-electron chi connectivity index (χ0n) is 17.1. The number of halogens is 1. The molecule has 150 valence electrons. The number of hydrogen-bond acceptors (Lipinski definition) is 3. The largest absolute Gasteiger partial charge is 0.357 e. The number of Topliss-reactive ketones (excluding diaryl/α,β-unsaturated/α-hetero) is 1. The first-order chi connectivity index (χ1) is 13.0. The van der Waals surface area contributed by atoms with Crippen LogP contribution in [0, 0.1) is 6.92 Å². The van der Waals surface area contributed by atoms with Gasteiger partial charge < -0.3 is 0 Å². The highest BCUT2D eigenvalue weighted by Crippen LogP contribution is 2.21. The lowest BCUT2D eigenvalue weighted by atomic mass is 10.1. The third-order valence-corrected chi connectivity index (χ3v) is 5.35. The fourth-order valence-electron chi connectivity index (χ4n) is 3.72. The van der Waals surface area contributed by atoms with Gasteiger partial charge in [-0.1, -0.05) is 55.8 Å². The lowest BCUT2D eigenvalue weighted by molar-refractivity contribution is -0.703. The zero-order valence-corrected chi connectivity index (χ0v) is 18.8. The fourth-order valence-corrected chi connectivity index (χ4v) is 3.72. The minimum Gasteiger partial charge on any atom is -0.291 e. The van der Waals surface area contributed by atoms with Crippen molar-refractivity contribution in [3.8, 4) is 0 Å². The summed E-state index contributed by atoms with van der Waals surface area (Å²) in [5, 5.41) is 0. The molecule has 2 aromatic carbocycles. The number of imidazole rings is 1. The van der Waals surface area contributed by atoms with E-state index < -0.39 is 0 Å². The van der Waals surface area contributed by atoms with Crippen LogP contribution in [0.15, 0.2) is 48.5 Å². The lowest BCUT2D eigenvalue weighted by Gasteiger charge is -2.25. The van der Waals surface area contributed by atoms with E-state index in [-0.39, 0.29) is 35.5 Å². The summed E-state index contributed by atoms with van der Waals surface area (Å²) in [6.45, 7) is 10.6. The molecule has 1 aromatic heterocycles. The van der Waals surface area contributed by atoms with Crippen molar-refractivity contribution in [2.24, 2.45) is 0 Å². The Morgan fingerprint density at radius 2 is 1.71 bits per heavy atom. The number of nitrogens with zero attached hydrogens (tertiary/aromatic N) is 3. The van der Waals surface area contributed by atoms with Crippen molar-refractivity contribution in [1.82, 2.24) is 9.47 Å². The topological polar surface area (TPSA) is 55.1 Å². The van der Waals surface area contributed by atoms with Gasteiger partial charge in [-0.25, -0.2) is 9.13 Å². The Kier molecular flexibility index (Phi) is 7.38. The number of ketones is 1. The highest BCUT2D eigenvalue weighted by Gasteiger charge is 2.28. The molecule has 2 N–H and O–H groups in total. The average Bonchev–Trinajstić information content (AvgIpc) is 2.95. The van der Waals surface area contributed by atoms with Gasteiger partial charge in [0.05, 0.1) is 0 Å². The van der Waals surface area contributed by atoms with Crippen LogP contribution >= 0.6 is 17.0 Å². The normalized spacial score (nSPS) is 12.2. The van der Waals surface area contributed by atoms with Crippen LogP contribution in [0.5, 0.6) is 0 Å². The van der Waals surface area contributed by atoms with Crippen LogP contribution in [0.3, 0.4) is 0 Å². The van der Waals surface area contributed by atoms with Gasteiger partial charge in [0.2, 0.25) is 0 Å². The van der Waals surface area contributed by atoms with E-state index in [4.69, 9.17) is 5.73 Å². The van der Waals surface area contributed by atoms with Crippen LogP contribution in [0.2, 0.25) is 0 Å². The van der Waals surface area contributed by atoms with Crippen LogP contribution in [0.4, 0.5) is 5.95 Å². The van der Waals surface area contributed by atoms with E-state index in [9.17, 15) is 4.79 Å². The molecule has 0 aliphatic carbocycles. The number of nitrogen functional groups attached to an aromatic ring is 1. The summed E-state index contributed by atoms with van der Waals surface area (Å²) in [5.74, 6) is 0.668. The molecule has 1 unspecified atom stereocenters. The fraction of sp³-hybridized carbons (Fsp3) is 0.364. The van der Waals surface area contributed by atoms with Crippen LogP contribution in [0.1, 0.15) is 42.9 Å². The van der Waals surface area contributed by atoms with Gasteiger partial charge in [-0.2, -0.15) is 0 Å². The number of aromatic nitrogens is 2. The number of nitrogens with two attached hydrogens (primary N) is 1. The Bertz CT molecular complexity index is 945. The average molecular weight is 446 g/mol. The molecule has 0 radical (unpaired) electrons. The minimum atomic E-state index is 0. The predicted octanol–water partition coefficient (Wildman–Crippen LogP) is 4.14. The van der Waals surface area contributed by atoms with Gasteiger partial charge in [0.1, 0.15) is 23.7 Å². The minimum absolute atomic E-state index is 0. The summed E-state index contributed by atoms with van der Waals surface area (Å²) in [6.07, 6.45) is 0.112. The van der Waals surface area contributed by atoms with Gasteiger partial charge in [0.25, 0.3) is 0 Å². The highest BCUT2D eigenvalue weighted by molar-refractivity contribution is 8.93. The van der Waals surface area contributed by atoms with Crippen LogP contribution in [-0.4, -0.2) is 28.3 Å². The number of carbonyl (C=O) groups excluding carboxylic acids is 1. The Hall–Kier alpha value is -2.18. The summed E-state index contributed by atoms with van der Waals surface area (Å²) < 4.78 is 4.06. The van der Waals surface area contributed by atoms with E-state index in [0.29, 0.717) is 11.5 Å². The molecule has 1 heterocycles. The molecule has 1 atom stereocenters. The van der Waals surface area contributed by atoms with Crippen molar-refractivity contribution in [1.29, 1.82) is 0 Å². The van der Waals surface area contributed by atoms with E-state index in [1.54, 1.807) is 0 Å². The molecule has 3 aromatic rings. The number of para-hydroxylation sites is 2. The molecule has 0 aliphatic heterocycles. The van der Waals surface area contributed by atoms with Gasteiger partial charge in [-0.15, -0.1) is 17.0 Å². The Morgan fingerprint density at radius 1 is 1.11 bits per heavy atom. The van der Waals surface area contributed by atoms with Gasteiger partial charge in [-0.3, -0.25) is 15.4 Å². The zero-order chi connectivity index (χ0) is 19.6. The second kappa shape index (κ2) is 9.34. The first-order valence-corrected chi connectivity index (χ1v) is 9.60. The van der Waals surface area contributed by atoms with Crippen molar-refractivity contribution in [3.63, 3.8) is 0 Å². The first-order valence-electron chi connectivity index (χ1n) is 9.60. The van der Waals surface area contributed by atoms with E-state index in [2.05, 4.69) is 36.3 Å². The molecule has 0 aliphatic rings. The van der Waals surface area contributed by atoms with Gasteiger partial charge in [0.15, 0.2) is 5.78 Å². The maximum Gasteiger partial charge on any atom is 0.357 e. The highest BCUT2D eigenvalue weighted by atomic mass is 79.9. The maximum absolute atomic E-state index is 12.9. The van der Waals surface area contributed by atoms with Crippen molar-refractivity contribution in [2.45, 2.75) is 40.4 Å². The molecule has 0 spiro atoms. The van der Waals surface area contributed by atoms with Crippen molar-refractivity contribution in [3.05, 3.63) is 59.7 Å². The summed E-state index contributed by atoms with van der Waals surface area (Å²) in [6, 6.07) is 15.8. The first kappa shape index (κ1) is 22.1. The van der Waals surface area contributed by atoms with E-state index in [0.717, 1.165) is 29.7 Å². The molecule has 5 nitrogen and oxygen atoms in total. The SMILES string of the molecule is Br.CCN(CC)C(C)[n+]1c(N)n(CC(=O)c2ccc(C)cc2)c2ccccc21. The molecule has 3 rings (SSSR count). The molecule has 0 amide bonds. The number of aryl methyl sites for hydroxylation is 1. The Balaban J connectivity index is 0.00000280. The van der Waals surface area contributed by atoms with Gasteiger partial charge in [-0.05, 0) is 39.1 Å². The molecular weight excluding hydrogens is 416 g/mol. The second-order valence-electron chi connectivity index (χ2n) is 6.95. The van der Waals surface area contributed by atoms with E-state index >= 15 is 0 Å². The molecule has 6 heteroatoms. The second-order valence-corrected chi connectivity index (χ2v) is 6.95. The standard InChI is InChI=1S/C22H28N4O.BrH/c1-5-24(6-2)17(4)26-20-10-8-7-9-19(20)25(22(26)23)15-21(27)18-13-11-16(3)12-14-18;/h7-14,17,23H,5-6,15H2,1-4H3;1H/p+1. The monoisotopic (exact) mass is 445 g/mol. The van der Waals surface area contributed by atoms with Crippen molar-refractivity contribution >= 4 is 39.7 Å². The van der Waals surface area contributed by atoms with Gasteiger partial charge in [0, 0.05) is 5.56 Å². The number of fused-ring (bicyclic) bond motifs is 1. The number of carbonyl (C=O) groups is 1. The number of hydrogen-bond donors (Lipinski definition) is 1. The number of rotatable bonds is 7. The Morgan fingerprint density at radius 3 is 2.32 bits per heavy atom. The summed E-state index contributed by atoms with van der Waals surface area (Å²) >= 11 is 0. The van der Waals surface area contributed by atoms with E-state index in [1.807, 2.05) is 54.0 Å². The molecule has 0 fully saturated rings. The van der Waals surface area contributed by atoms with Crippen LogP contribution in [0.25, 0.3) is 11.0 Å². The lowest BCUT2D eigenvalue weighted by Crippen LogP contribution is -2.49. The van der Waals surface area contributed by atoms with E-state index in [1.165, 1.54) is 0 Å². The van der Waals surface area contributed by atoms with Crippen LogP contribution in [-0.2, 0) is 6.54 Å². The smallest absolute Gasteiger partial charge is 0.291 e. The molecular formula is C22H30BrN4O+. The Labute approximate surface area is 177 Å². The van der Waals surface area contributed by atoms with Crippen molar-refractivity contribution in [2.75, 3.05) is 18.8 Å². The number of benzene rings is 2. The third-order valence-electron chi connectivity index (χ3n) is 5.35. The quantitative estimate of drug-likeness (QED) is 0.439. The summed E-state index contributed by atoms with van der Waals surface area (Å²) in [5.41, 5.74) is 10.4. The molecule has 28 heavy (non-hydrogen) atoms. The summed E-state index contributed by atoms with van der Waals surface area (Å²) in [7, 11) is 0. The van der Waals surface area contributed by atoms with Crippen LogP contribution < -0.4 is 10.3 Å². The third kappa shape index (κ3) is 4.13. The summed E-state index contributed by atoms with van der Waals surface area (Å²) in [4.78, 5) is 15.2. The molecule has 0 bridgehead atoms. The number of anilines is 1. The van der Waals surface area contributed by atoms with Crippen molar-refractivity contribution < 1.29 is 9.36 Å². The predicted molar refractivity (Wildman–Crippen MR) is 120 cm³/mol.